The van der Waals surface area contributed by atoms with Crippen molar-refractivity contribution in [3.63, 3.8) is 0 Å². The number of sulfonamides is 1. The molecule has 0 saturated carbocycles. The third kappa shape index (κ3) is 4.32. The Bertz CT molecular complexity index is 429. The second-order valence-corrected chi connectivity index (χ2v) is 5.47. The zero-order chi connectivity index (χ0) is 12.7. The maximum atomic E-state index is 11.7. The average Bonchev–Trinajstić information content (AvgIpc) is 2.34. The van der Waals surface area contributed by atoms with E-state index in [0.717, 1.165) is 19.4 Å². The van der Waals surface area contributed by atoms with E-state index in [4.69, 9.17) is 0 Å². The summed E-state index contributed by atoms with van der Waals surface area (Å²) >= 11 is 0. The van der Waals surface area contributed by atoms with Crippen molar-refractivity contribution in [2.24, 2.45) is 0 Å². The molecule has 0 fully saturated rings. The van der Waals surface area contributed by atoms with Gasteiger partial charge in [0.2, 0.25) is 10.0 Å². The predicted molar refractivity (Wildman–Crippen MR) is 68.5 cm³/mol. The second kappa shape index (κ2) is 6.56. The number of hydrogen-bond acceptors (Lipinski definition) is 4. The van der Waals surface area contributed by atoms with Gasteiger partial charge in [-0.3, -0.25) is 0 Å². The number of anilines is 1. The zero-order valence-electron chi connectivity index (χ0n) is 10.2. The summed E-state index contributed by atoms with van der Waals surface area (Å²) in [6.45, 7) is 5.24. The average molecular weight is 257 g/mol. The van der Waals surface area contributed by atoms with Crippen molar-refractivity contribution in [2.75, 3.05) is 18.4 Å². The van der Waals surface area contributed by atoms with Gasteiger partial charge in [-0.15, -0.1) is 0 Å². The van der Waals surface area contributed by atoms with Gasteiger partial charge in [-0.05, 0) is 25.0 Å². The fourth-order valence-electron chi connectivity index (χ4n) is 1.22. The molecule has 2 N–H and O–H groups in total. The van der Waals surface area contributed by atoms with Gasteiger partial charge in [-0.1, -0.05) is 13.8 Å². The highest BCUT2D eigenvalue weighted by molar-refractivity contribution is 7.89. The molecule has 0 aliphatic heterocycles. The lowest BCUT2D eigenvalue weighted by molar-refractivity contribution is 0.580. The molecule has 6 heteroatoms. The smallest absolute Gasteiger partial charge is 0.242 e. The van der Waals surface area contributed by atoms with Crippen LogP contribution in [0.3, 0.4) is 0 Å². The quantitative estimate of drug-likeness (QED) is 0.778. The summed E-state index contributed by atoms with van der Waals surface area (Å²) in [7, 11) is -3.40. The molecule has 1 aromatic heterocycles. The van der Waals surface area contributed by atoms with Crippen LogP contribution in [0.5, 0.6) is 0 Å². The fourth-order valence-corrected chi connectivity index (χ4v) is 2.29. The summed E-state index contributed by atoms with van der Waals surface area (Å²) in [5.41, 5.74) is 0. The number of hydrogen-bond donors (Lipinski definition) is 2. The number of nitrogens with one attached hydrogen (secondary N) is 2. The molecule has 5 nitrogen and oxygen atoms in total. The van der Waals surface area contributed by atoms with Crippen molar-refractivity contribution in [3.05, 3.63) is 18.3 Å². The van der Waals surface area contributed by atoms with Crippen LogP contribution in [-0.4, -0.2) is 26.5 Å². The highest BCUT2D eigenvalue weighted by atomic mass is 32.2. The van der Waals surface area contributed by atoms with Gasteiger partial charge >= 0.3 is 0 Å². The Balaban J connectivity index is 2.73. The lowest BCUT2D eigenvalue weighted by Gasteiger charge is -2.07. The van der Waals surface area contributed by atoms with Gasteiger partial charge in [0.05, 0.1) is 0 Å². The third-order valence-corrected chi connectivity index (χ3v) is 3.59. The highest BCUT2D eigenvalue weighted by Crippen LogP contribution is 2.10. The van der Waals surface area contributed by atoms with Crippen molar-refractivity contribution in [2.45, 2.75) is 31.6 Å². The van der Waals surface area contributed by atoms with Crippen molar-refractivity contribution in [1.82, 2.24) is 9.71 Å². The van der Waals surface area contributed by atoms with E-state index in [1.54, 1.807) is 12.1 Å². The SMILES string of the molecule is CCCNc1ccc(S(=O)(=O)NCCC)cn1. The lowest BCUT2D eigenvalue weighted by atomic mass is 10.4. The molecular weight excluding hydrogens is 238 g/mol. The van der Waals surface area contributed by atoms with Crippen LogP contribution in [-0.2, 0) is 10.0 Å². The maximum absolute atomic E-state index is 11.7. The van der Waals surface area contributed by atoms with Gasteiger partial charge in [0.15, 0.2) is 0 Å². The van der Waals surface area contributed by atoms with E-state index in [9.17, 15) is 8.42 Å². The first kappa shape index (κ1) is 13.9. The monoisotopic (exact) mass is 257 g/mol. The molecule has 0 spiro atoms. The van der Waals surface area contributed by atoms with Gasteiger partial charge < -0.3 is 5.32 Å². The Kier molecular flexibility index (Phi) is 5.37. The van der Waals surface area contributed by atoms with Crippen molar-refractivity contribution in [3.8, 4) is 0 Å². The summed E-state index contributed by atoms with van der Waals surface area (Å²) in [6, 6.07) is 3.24. The lowest BCUT2D eigenvalue weighted by Crippen LogP contribution is -2.24. The first-order valence-corrected chi connectivity index (χ1v) is 7.28. The summed E-state index contributed by atoms with van der Waals surface area (Å²) in [4.78, 5) is 4.26. The van der Waals surface area contributed by atoms with Crippen LogP contribution >= 0.6 is 0 Å². The standard InChI is InChI=1S/C11H19N3O2S/c1-3-7-12-11-6-5-10(9-13-11)17(15,16)14-8-4-2/h5-6,9,14H,3-4,7-8H2,1-2H3,(H,12,13). The molecule has 0 saturated heterocycles. The molecule has 0 bridgehead atoms. The third-order valence-electron chi connectivity index (χ3n) is 2.14. The molecule has 0 aromatic carbocycles. The molecule has 0 atom stereocenters. The van der Waals surface area contributed by atoms with Gasteiger partial charge in [0.1, 0.15) is 10.7 Å². The molecule has 1 rings (SSSR count). The minimum atomic E-state index is -3.40. The van der Waals surface area contributed by atoms with Crippen LogP contribution in [0, 0.1) is 0 Å². The van der Waals surface area contributed by atoms with Crippen LogP contribution in [0.1, 0.15) is 26.7 Å². The first-order chi connectivity index (χ1) is 8.10. The van der Waals surface area contributed by atoms with Gasteiger partial charge in [-0.25, -0.2) is 18.1 Å². The molecular formula is C11H19N3O2S. The number of rotatable bonds is 7. The summed E-state index contributed by atoms with van der Waals surface area (Å²) in [5, 5.41) is 3.09. The van der Waals surface area contributed by atoms with Crippen molar-refractivity contribution >= 4 is 15.8 Å². The van der Waals surface area contributed by atoms with E-state index in [-0.39, 0.29) is 4.90 Å². The van der Waals surface area contributed by atoms with Gasteiger partial charge in [-0.2, -0.15) is 0 Å². The van der Waals surface area contributed by atoms with Gasteiger partial charge in [0.25, 0.3) is 0 Å². The highest BCUT2D eigenvalue weighted by Gasteiger charge is 2.12. The summed E-state index contributed by atoms with van der Waals surface area (Å²) < 4.78 is 26.0. The molecule has 96 valence electrons. The topological polar surface area (TPSA) is 71.1 Å². The molecule has 0 amide bonds. The number of aromatic nitrogens is 1. The van der Waals surface area contributed by atoms with Crippen LogP contribution in [0.15, 0.2) is 23.2 Å². The minimum Gasteiger partial charge on any atom is -0.370 e. The summed E-state index contributed by atoms with van der Waals surface area (Å²) in [6.07, 6.45) is 3.14. The molecule has 17 heavy (non-hydrogen) atoms. The van der Waals surface area contributed by atoms with Crippen LogP contribution in [0.25, 0.3) is 0 Å². The normalized spacial score (nSPS) is 11.4. The van der Waals surface area contributed by atoms with Crippen molar-refractivity contribution < 1.29 is 8.42 Å². The molecule has 1 aromatic rings. The Morgan fingerprint density at radius 3 is 2.41 bits per heavy atom. The van der Waals surface area contributed by atoms with Crippen LogP contribution in [0.4, 0.5) is 5.82 Å². The number of pyridine rings is 1. The van der Waals surface area contributed by atoms with Crippen LogP contribution < -0.4 is 10.0 Å². The van der Waals surface area contributed by atoms with E-state index >= 15 is 0 Å². The van der Waals surface area contributed by atoms with Crippen LogP contribution in [0.2, 0.25) is 0 Å². The minimum absolute atomic E-state index is 0.202. The first-order valence-electron chi connectivity index (χ1n) is 5.79. The van der Waals surface area contributed by atoms with E-state index < -0.39 is 10.0 Å². The van der Waals surface area contributed by atoms with Gasteiger partial charge in [0, 0.05) is 19.3 Å². The Morgan fingerprint density at radius 2 is 1.88 bits per heavy atom. The Hall–Kier alpha value is -1.14. The predicted octanol–water partition coefficient (Wildman–Crippen LogP) is 1.59. The van der Waals surface area contributed by atoms with E-state index in [1.807, 2.05) is 6.92 Å². The van der Waals surface area contributed by atoms with E-state index in [1.165, 1.54) is 6.20 Å². The fraction of sp³-hybridized carbons (Fsp3) is 0.545. The molecule has 0 radical (unpaired) electrons. The molecule has 0 aliphatic carbocycles. The van der Waals surface area contributed by atoms with Crippen molar-refractivity contribution in [1.29, 1.82) is 0 Å². The van der Waals surface area contributed by atoms with E-state index in [0.29, 0.717) is 12.4 Å². The maximum Gasteiger partial charge on any atom is 0.242 e. The Morgan fingerprint density at radius 1 is 1.18 bits per heavy atom. The zero-order valence-corrected chi connectivity index (χ0v) is 11.0. The largest absolute Gasteiger partial charge is 0.370 e. The summed E-state index contributed by atoms with van der Waals surface area (Å²) in [5.74, 6) is 0.696. The Labute approximate surface area is 103 Å². The second-order valence-electron chi connectivity index (χ2n) is 3.70. The number of nitrogens with zero attached hydrogens (tertiary/aromatic N) is 1. The van der Waals surface area contributed by atoms with E-state index in [2.05, 4.69) is 21.9 Å². The molecule has 0 unspecified atom stereocenters. The molecule has 0 aliphatic rings. The molecule has 1 heterocycles.